The fraction of sp³-hybridized carbons (Fsp3) is 0.296. The van der Waals surface area contributed by atoms with Crippen molar-refractivity contribution in [3.05, 3.63) is 77.0 Å². The highest BCUT2D eigenvalue weighted by molar-refractivity contribution is 6.06. The number of rotatable bonds is 4. The average Bonchev–Trinajstić information content (AvgIpc) is 3.45. The maximum absolute atomic E-state index is 13.0. The van der Waals surface area contributed by atoms with Crippen LogP contribution in [0.15, 0.2) is 70.3 Å². The van der Waals surface area contributed by atoms with Gasteiger partial charge in [0.1, 0.15) is 29.0 Å². The van der Waals surface area contributed by atoms with E-state index in [1.807, 2.05) is 4.90 Å². The number of piperidine rings is 1. The SMILES string of the molecule is N[N+]12C=CN=CC1=C([C@@H]1CC[C@H]3CCC(=O)N3C1)N=C2c1ccc(C(=O)Nc2cc(C(F)(F)F)ccn2)cc1O. The number of anilines is 1. The van der Waals surface area contributed by atoms with Crippen molar-refractivity contribution in [2.45, 2.75) is 37.9 Å². The maximum Gasteiger partial charge on any atom is 0.416 e. The van der Waals surface area contributed by atoms with Crippen LogP contribution < -0.4 is 11.2 Å². The Labute approximate surface area is 226 Å². The number of aliphatic imine (C=N–C) groups is 2. The number of amidine groups is 1. The van der Waals surface area contributed by atoms with Crippen LogP contribution in [0.4, 0.5) is 19.0 Å². The maximum atomic E-state index is 13.0. The van der Waals surface area contributed by atoms with Gasteiger partial charge in [-0.3, -0.25) is 14.6 Å². The first kappa shape index (κ1) is 25.9. The zero-order valence-corrected chi connectivity index (χ0v) is 21.1. The van der Waals surface area contributed by atoms with Crippen LogP contribution in [0.2, 0.25) is 0 Å². The fourth-order valence-corrected chi connectivity index (χ4v) is 5.70. The summed E-state index contributed by atoms with van der Waals surface area (Å²) >= 11 is 0. The smallest absolute Gasteiger partial charge is 0.416 e. The Bertz CT molecular complexity index is 1550. The second-order valence-electron chi connectivity index (χ2n) is 10.2. The second kappa shape index (κ2) is 9.38. The number of pyridine rings is 1. The van der Waals surface area contributed by atoms with Gasteiger partial charge < -0.3 is 15.3 Å². The molecule has 2 aromatic rings. The lowest BCUT2D eigenvalue weighted by molar-refractivity contribution is -0.750. The first-order chi connectivity index (χ1) is 19.0. The van der Waals surface area contributed by atoms with Gasteiger partial charge in [-0.15, -0.1) is 4.59 Å². The summed E-state index contributed by atoms with van der Waals surface area (Å²) in [6.07, 6.45) is 4.27. The number of benzene rings is 1. The van der Waals surface area contributed by atoms with Crippen LogP contribution in [0.5, 0.6) is 5.75 Å². The number of fused-ring (bicyclic) bond motifs is 2. The van der Waals surface area contributed by atoms with E-state index in [1.165, 1.54) is 24.4 Å². The fourth-order valence-electron chi connectivity index (χ4n) is 5.70. The van der Waals surface area contributed by atoms with E-state index in [4.69, 9.17) is 10.8 Å². The third kappa shape index (κ3) is 4.36. The molecule has 3 atom stereocenters. The molecule has 2 saturated heterocycles. The monoisotopic (exact) mass is 552 g/mol. The molecular formula is C27H25F3N7O3+. The van der Waals surface area contributed by atoms with Crippen molar-refractivity contribution in [3.8, 4) is 5.75 Å². The quantitative estimate of drug-likeness (QED) is 0.393. The van der Waals surface area contributed by atoms with Gasteiger partial charge >= 0.3 is 6.18 Å². The van der Waals surface area contributed by atoms with E-state index in [2.05, 4.69) is 15.3 Å². The van der Waals surface area contributed by atoms with Crippen LogP contribution in [0.3, 0.4) is 0 Å². The first-order valence-corrected chi connectivity index (χ1v) is 12.7. The van der Waals surface area contributed by atoms with Gasteiger partial charge in [0.2, 0.25) is 11.6 Å². The Kier molecular flexibility index (Phi) is 6.07. The minimum Gasteiger partial charge on any atom is -0.507 e. The molecule has 1 unspecified atom stereocenters. The molecule has 10 nitrogen and oxygen atoms in total. The number of aromatic hydroxyl groups is 1. The van der Waals surface area contributed by atoms with Gasteiger partial charge in [0.15, 0.2) is 0 Å². The molecule has 6 rings (SSSR count). The molecule has 13 heteroatoms. The molecule has 4 aliphatic rings. The lowest BCUT2D eigenvalue weighted by Crippen LogP contribution is -2.53. The predicted octanol–water partition coefficient (Wildman–Crippen LogP) is 3.68. The van der Waals surface area contributed by atoms with Crippen molar-refractivity contribution in [1.29, 1.82) is 0 Å². The molecule has 0 radical (unpaired) electrons. The largest absolute Gasteiger partial charge is 0.507 e. The second-order valence-corrected chi connectivity index (χ2v) is 10.2. The molecule has 1 aromatic heterocycles. The number of phenols is 1. The molecule has 4 aliphatic heterocycles. The number of nitrogens with two attached hydrogens (primary N) is 1. The number of quaternary nitrogens is 1. The number of aromatic nitrogens is 1. The van der Waals surface area contributed by atoms with E-state index in [-0.39, 0.29) is 45.2 Å². The van der Waals surface area contributed by atoms with Crippen molar-refractivity contribution in [3.63, 3.8) is 0 Å². The highest BCUT2D eigenvalue weighted by atomic mass is 19.4. The molecule has 206 valence electrons. The summed E-state index contributed by atoms with van der Waals surface area (Å²) in [4.78, 5) is 39.9. The summed E-state index contributed by atoms with van der Waals surface area (Å²) in [5, 5.41) is 13.3. The minimum absolute atomic E-state index is 0.00217. The highest BCUT2D eigenvalue weighted by Gasteiger charge is 2.48. The average molecular weight is 553 g/mol. The molecule has 0 saturated carbocycles. The summed E-state index contributed by atoms with van der Waals surface area (Å²) < 4.78 is 38.7. The van der Waals surface area contributed by atoms with Crippen LogP contribution in [0.25, 0.3) is 0 Å². The summed E-state index contributed by atoms with van der Waals surface area (Å²) in [6, 6.07) is 5.88. The van der Waals surface area contributed by atoms with Gasteiger partial charge in [-0.1, -0.05) is 0 Å². The third-order valence-electron chi connectivity index (χ3n) is 7.76. The molecule has 40 heavy (non-hydrogen) atoms. The van der Waals surface area contributed by atoms with Crippen LogP contribution in [-0.4, -0.2) is 56.0 Å². The topological polar surface area (TPSA) is 133 Å². The summed E-state index contributed by atoms with van der Waals surface area (Å²) in [6.45, 7) is 0.533. The van der Waals surface area contributed by atoms with Crippen molar-refractivity contribution < 1.29 is 32.5 Å². The molecule has 0 aliphatic carbocycles. The Balaban J connectivity index is 1.28. The van der Waals surface area contributed by atoms with Crippen molar-refractivity contribution in [2.24, 2.45) is 21.7 Å². The van der Waals surface area contributed by atoms with Gasteiger partial charge in [0.25, 0.3) is 11.7 Å². The number of phenolic OH excluding ortho intramolecular Hbond substituents is 1. The predicted molar refractivity (Wildman–Crippen MR) is 138 cm³/mol. The number of amides is 2. The molecular weight excluding hydrogens is 527 g/mol. The summed E-state index contributed by atoms with van der Waals surface area (Å²) in [5.74, 6) is 5.86. The number of alkyl halides is 3. The molecule has 0 bridgehead atoms. The van der Waals surface area contributed by atoms with Crippen molar-refractivity contribution in [2.75, 3.05) is 11.9 Å². The Morgan fingerprint density at radius 2 is 2.00 bits per heavy atom. The van der Waals surface area contributed by atoms with E-state index in [0.717, 1.165) is 37.6 Å². The van der Waals surface area contributed by atoms with Gasteiger partial charge in [0, 0.05) is 36.7 Å². The summed E-state index contributed by atoms with van der Waals surface area (Å²) in [5.41, 5.74) is 0.643. The summed E-state index contributed by atoms with van der Waals surface area (Å²) in [7, 11) is 0. The van der Waals surface area contributed by atoms with Gasteiger partial charge in [-0.2, -0.15) is 24.0 Å². The Morgan fingerprint density at radius 3 is 2.77 bits per heavy atom. The zero-order valence-electron chi connectivity index (χ0n) is 21.1. The van der Waals surface area contributed by atoms with E-state index in [9.17, 15) is 27.9 Å². The standard InChI is InChI=1S/C27H24F3N7O3/c28-27(29,30)17-7-8-33-22(12-17)34-26(40)15-2-5-19(21(38)11-15)25-35-24(20-13-32-9-10-37(20,25)31)16-1-3-18-4-6-23(39)36(18)14-16/h2,5,7-13,16,18H,1,3-4,6,14,31H2,(H-,32,33,34,35,38,40)/p+1/t16-,18+,37?/m1/s1. The lowest BCUT2D eigenvalue weighted by atomic mass is 9.90. The lowest BCUT2D eigenvalue weighted by Gasteiger charge is -2.35. The minimum atomic E-state index is -4.59. The van der Waals surface area contributed by atoms with E-state index < -0.39 is 17.6 Å². The first-order valence-electron chi connectivity index (χ1n) is 12.7. The van der Waals surface area contributed by atoms with Crippen molar-refractivity contribution >= 4 is 29.7 Å². The molecule has 5 heterocycles. The number of allylic oxidation sites excluding steroid dienone is 1. The molecule has 0 spiro atoms. The van der Waals surface area contributed by atoms with Crippen LogP contribution in [0, 0.1) is 5.92 Å². The number of nitrogens with zero attached hydrogens (tertiary/aromatic N) is 5. The molecule has 2 fully saturated rings. The third-order valence-corrected chi connectivity index (χ3v) is 7.76. The number of hydrogen-bond donors (Lipinski definition) is 3. The van der Waals surface area contributed by atoms with Crippen molar-refractivity contribution in [1.82, 2.24) is 9.88 Å². The molecule has 1 aromatic carbocycles. The number of carbonyl (C=O) groups is 2. The Morgan fingerprint density at radius 1 is 1.18 bits per heavy atom. The zero-order chi connectivity index (χ0) is 28.2. The van der Waals surface area contributed by atoms with Crippen LogP contribution >= 0.6 is 0 Å². The number of nitrogens with one attached hydrogen (secondary N) is 1. The van der Waals surface area contributed by atoms with E-state index in [1.54, 1.807) is 12.4 Å². The van der Waals surface area contributed by atoms with Crippen LogP contribution in [0.1, 0.15) is 47.2 Å². The number of halogens is 3. The van der Waals surface area contributed by atoms with E-state index in [0.29, 0.717) is 30.2 Å². The van der Waals surface area contributed by atoms with Gasteiger partial charge in [0.05, 0.1) is 18.0 Å². The normalized spacial score (nSPS) is 25.6. The molecule has 4 N–H and O–H groups in total. The highest BCUT2D eigenvalue weighted by Crippen LogP contribution is 2.41. The van der Waals surface area contributed by atoms with Gasteiger partial charge in [-0.05, 0) is 49.6 Å². The van der Waals surface area contributed by atoms with Crippen LogP contribution in [-0.2, 0) is 11.0 Å². The van der Waals surface area contributed by atoms with Gasteiger partial charge in [-0.25, -0.2) is 4.98 Å². The molecule has 2 amide bonds. The number of hydrogen-bond acceptors (Lipinski definition) is 7. The number of carbonyl (C=O) groups excluding carboxylic acids is 2. The van der Waals surface area contributed by atoms with E-state index >= 15 is 0 Å². The Hall–Kier alpha value is -4.36.